The van der Waals surface area contributed by atoms with Gasteiger partial charge in [0.2, 0.25) is 0 Å². The molecule has 13 heavy (non-hydrogen) atoms. The van der Waals surface area contributed by atoms with Crippen molar-refractivity contribution in [2.45, 2.75) is 18.1 Å². The molecule has 0 aromatic carbocycles. The van der Waals surface area contributed by atoms with Gasteiger partial charge in [0, 0.05) is 6.20 Å². The lowest BCUT2D eigenvalue weighted by atomic mass is 10.2. The smallest absolute Gasteiger partial charge is 0.143 e. The summed E-state index contributed by atoms with van der Waals surface area (Å²) in [4.78, 5) is 8.59. The van der Waals surface area contributed by atoms with Crippen LogP contribution >= 0.6 is 34.4 Å². The topological polar surface area (TPSA) is 51.8 Å². The molecule has 0 aliphatic carbocycles. The molecule has 0 amide bonds. The van der Waals surface area contributed by atoms with E-state index in [4.69, 9.17) is 5.73 Å². The van der Waals surface area contributed by atoms with Crippen molar-refractivity contribution < 1.29 is 0 Å². The van der Waals surface area contributed by atoms with E-state index in [0.29, 0.717) is 11.1 Å². The number of hydrogen-bond acceptors (Lipinski definition) is 4. The summed E-state index contributed by atoms with van der Waals surface area (Å²) in [6, 6.07) is 0. The number of nitrogen functional groups attached to an aromatic ring is 1. The van der Waals surface area contributed by atoms with Crippen LogP contribution in [0.15, 0.2) is 6.20 Å². The summed E-state index contributed by atoms with van der Waals surface area (Å²) in [5, 5.41) is 0.472. The van der Waals surface area contributed by atoms with Crippen LogP contribution in [0.1, 0.15) is 23.9 Å². The molecule has 1 fully saturated rings. The molecular formula is C8H10IN3S. The highest BCUT2D eigenvalue weighted by atomic mass is 127. The lowest BCUT2D eigenvalue weighted by Gasteiger charge is -2.07. The molecule has 0 saturated carbocycles. The van der Waals surface area contributed by atoms with Crippen molar-refractivity contribution in [2.75, 3.05) is 11.5 Å². The third-order valence-electron chi connectivity index (χ3n) is 2.01. The number of nitrogens with zero attached hydrogens (tertiary/aromatic N) is 2. The largest absolute Gasteiger partial charge is 0.383 e. The van der Waals surface area contributed by atoms with E-state index >= 15 is 0 Å². The van der Waals surface area contributed by atoms with Gasteiger partial charge in [-0.3, -0.25) is 0 Å². The Morgan fingerprint density at radius 2 is 2.46 bits per heavy atom. The minimum absolute atomic E-state index is 0.472. The number of halogens is 1. The first kappa shape index (κ1) is 9.51. The molecule has 5 heteroatoms. The number of aromatic nitrogens is 2. The van der Waals surface area contributed by atoms with Crippen LogP contribution in [0, 0.1) is 3.57 Å². The lowest BCUT2D eigenvalue weighted by molar-refractivity contribution is 0.777. The standard InChI is InChI=1S/C8H10IN3S/c9-5-4-11-8(12-7(5)10)6-2-1-3-13-6/h4,6H,1-3H2,(H2,10,11,12). The monoisotopic (exact) mass is 307 g/mol. The van der Waals surface area contributed by atoms with Gasteiger partial charge in [-0.1, -0.05) is 0 Å². The predicted molar refractivity (Wildman–Crippen MR) is 63.6 cm³/mol. The van der Waals surface area contributed by atoms with Crippen LogP contribution < -0.4 is 5.73 Å². The summed E-state index contributed by atoms with van der Waals surface area (Å²) in [7, 11) is 0. The van der Waals surface area contributed by atoms with Gasteiger partial charge < -0.3 is 5.73 Å². The average molecular weight is 307 g/mol. The molecule has 0 spiro atoms. The summed E-state index contributed by atoms with van der Waals surface area (Å²) >= 11 is 4.07. The summed E-state index contributed by atoms with van der Waals surface area (Å²) in [5.74, 6) is 2.73. The molecule has 2 rings (SSSR count). The van der Waals surface area contributed by atoms with Gasteiger partial charge in [0.15, 0.2) is 0 Å². The molecular weight excluding hydrogens is 297 g/mol. The minimum Gasteiger partial charge on any atom is -0.383 e. The van der Waals surface area contributed by atoms with E-state index < -0.39 is 0 Å². The zero-order valence-corrected chi connectivity index (χ0v) is 10.0. The molecule has 1 aliphatic heterocycles. The van der Waals surface area contributed by atoms with Gasteiger partial charge in [-0.2, -0.15) is 11.8 Å². The van der Waals surface area contributed by atoms with Crippen molar-refractivity contribution in [1.29, 1.82) is 0 Å². The minimum atomic E-state index is 0.472. The van der Waals surface area contributed by atoms with E-state index in [2.05, 4.69) is 32.6 Å². The number of anilines is 1. The van der Waals surface area contributed by atoms with E-state index in [0.717, 1.165) is 9.39 Å². The number of rotatable bonds is 1. The molecule has 70 valence electrons. The first-order valence-electron chi connectivity index (χ1n) is 4.17. The summed E-state index contributed by atoms with van der Waals surface area (Å²) in [6.45, 7) is 0. The second-order valence-electron chi connectivity index (χ2n) is 2.96. The Morgan fingerprint density at radius 1 is 1.62 bits per heavy atom. The van der Waals surface area contributed by atoms with E-state index in [1.54, 1.807) is 6.20 Å². The molecule has 1 aromatic rings. The van der Waals surface area contributed by atoms with Gasteiger partial charge in [0.05, 0.1) is 8.82 Å². The number of nitrogens with two attached hydrogens (primary N) is 1. The van der Waals surface area contributed by atoms with Crippen molar-refractivity contribution in [1.82, 2.24) is 9.97 Å². The van der Waals surface area contributed by atoms with E-state index in [1.807, 2.05) is 11.8 Å². The van der Waals surface area contributed by atoms with Crippen LogP contribution in [0.25, 0.3) is 0 Å². The van der Waals surface area contributed by atoms with Crippen molar-refractivity contribution in [3.05, 3.63) is 15.6 Å². The highest BCUT2D eigenvalue weighted by molar-refractivity contribution is 14.1. The maximum Gasteiger partial charge on any atom is 0.143 e. The maximum absolute atomic E-state index is 5.72. The zero-order valence-electron chi connectivity index (χ0n) is 7.03. The molecule has 3 nitrogen and oxygen atoms in total. The second-order valence-corrected chi connectivity index (χ2v) is 5.44. The SMILES string of the molecule is Nc1nc(C2CCCS2)ncc1I. The Balaban J connectivity index is 2.25. The summed E-state index contributed by atoms with van der Waals surface area (Å²) in [6.07, 6.45) is 4.26. The Hall–Kier alpha value is -0.0400. The molecule has 1 unspecified atom stereocenters. The Bertz CT molecular complexity index is 312. The highest BCUT2D eigenvalue weighted by Gasteiger charge is 2.20. The Labute approximate surface area is 95.0 Å². The predicted octanol–water partition coefficient (Wildman–Crippen LogP) is 2.23. The van der Waals surface area contributed by atoms with Crippen LogP contribution in [-0.4, -0.2) is 15.7 Å². The first-order valence-corrected chi connectivity index (χ1v) is 6.29. The third kappa shape index (κ3) is 2.07. The van der Waals surface area contributed by atoms with Gasteiger partial charge in [0.25, 0.3) is 0 Å². The maximum atomic E-state index is 5.72. The molecule has 1 aromatic heterocycles. The second kappa shape index (κ2) is 4.00. The van der Waals surface area contributed by atoms with E-state index in [-0.39, 0.29) is 0 Å². The number of hydrogen-bond donors (Lipinski definition) is 1. The van der Waals surface area contributed by atoms with Gasteiger partial charge in [-0.25, -0.2) is 9.97 Å². The van der Waals surface area contributed by atoms with Crippen LogP contribution in [-0.2, 0) is 0 Å². The van der Waals surface area contributed by atoms with Gasteiger partial charge in [0.1, 0.15) is 11.6 Å². The molecule has 0 radical (unpaired) electrons. The van der Waals surface area contributed by atoms with Crippen LogP contribution in [0.2, 0.25) is 0 Å². The fourth-order valence-electron chi connectivity index (χ4n) is 1.33. The van der Waals surface area contributed by atoms with Crippen LogP contribution in [0.4, 0.5) is 5.82 Å². The van der Waals surface area contributed by atoms with Crippen molar-refractivity contribution in [3.63, 3.8) is 0 Å². The molecule has 1 aliphatic rings. The summed E-state index contributed by atoms with van der Waals surface area (Å²) in [5.41, 5.74) is 5.72. The zero-order chi connectivity index (χ0) is 9.26. The third-order valence-corrected chi connectivity index (χ3v) is 4.21. The Morgan fingerprint density at radius 3 is 3.08 bits per heavy atom. The Kier molecular flexibility index (Phi) is 2.92. The highest BCUT2D eigenvalue weighted by Crippen LogP contribution is 2.38. The van der Waals surface area contributed by atoms with Crippen molar-refractivity contribution in [2.24, 2.45) is 0 Å². The first-order chi connectivity index (χ1) is 6.27. The molecule has 2 N–H and O–H groups in total. The number of thioether (sulfide) groups is 1. The average Bonchev–Trinajstić information content (AvgIpc) is 2.62. The van der Waals surface area contributed by atoms with Gasteiger partial charge in [-0.15, -0.1) is 0 Å². The summed E-state index contributed by atoms with van der Waals surface area (Å²) < 4.78 is 0.935. The van der Waals surface area contributed by atoms with Gasteiger partial charge >= 0.3 is 0 Å². The van der Waals surface area contributed by atoms with Crippen molar-refractivity contribution in [3.8, 4) is 0 Å². The molecule has 0 bridgehead atoms. The van der Waals surface area contributed by atoms with E-state index in [9.17, 15) is 0 Å². The van der Waals surface area contributed by atoms with Crippen LogP contribution in [0.3, 0.4) is 0 Å². The van der Waals surface area contributed by atoms with Gasteiger partial charge in [-0.05, 0) is 41.2 Å². The fourth-order valence-corrected chi connectivity index (χ4v) is 2.80. The normalized spacial score (nSPS) is 22.1. The fraction of sp³-hybridized carbons (Fsp3) is 0.500. The van der Waals surface area contributed by atoms with Crippen LogP contribution in [0.5, 0.6) is 0 Å². The lowest BCUT2D eigenvalue weighted by Crippen LogP contribution is -2.03. The molecule has 2 heterocycles. The van der Waals surface area contributed by atoms with Crippen molar-refractivity contribution >= 4 is 40.2 Å². The van der Waals surface area contributed by atoms with E-state index in [1.165, 1.54) is 18.6 Å². The molecule has 1 saturated heterocycles. The quantitative estimate of drug-likeness (QED) is 0.809. The molecule has 1 atom stereocenters.